The molecule has 0 aliphatic heterocycles. The Labute approximate surface area is 126 Å². The summed E-state index contributed by atoms with van der Waals surface area (Å²) < 4.78 is 16.0. The van der Waals surface area contributed by atoms with Gasteiger partial charge >= 0.3 is 0 Å². The third kappa shape index (κ3) is 2.69. The molecule has 0 atom stereocenters. The van der Waals surface area contributed by atoms with Crippen LogP contribution >= 0.6 is 11.3 Å². The molecule has 108 valence electrons. The molecule has 0 saturated heterocycles. The minimum absolute atomic E-state index is 0.107. The van der Waals surface area contributed by atoms with Crippen molar-refractivity contribution in [3.8, 4) is 0 Å². The van der Waals surface area contributed by atoms with Gasteiger partial charge in [0.2, 0.25) is 0 Å². The quantitative estimate of drug-likeness (QED) is 0.781. The van der Waals surface area contributed by atoms with Crippen molar-refractivity contribution in [2.24, 2.45) is 0 Å². The number of thiophene rings is 1. The molecule has 0 bridgehead atoms. The number of hydrogen-bond donors (Lipinski definition) is 1. The Balaban J connectivity index is 1.77. The zero-order chi connectivity index (χ0) is 14.8. The zero-order valence-corrected chi connectivity index (χ0v) is 12.4. The van der Waals surface area contributed by atoms with Crippen LogP contribution in [0.3, 0.4) is 0 Å². The maximum atomic E-state index is 12.8. The van der Waals surface area contributed by atoms with Gasteiger partial charge in [-0.25, -0.2) is 4.39 Å². The Morgan fingerprint density at radius 3 is 2.76 bits per heavy atom. The lowest BCUT2D eigenvalue weighted by molar-refractivity contribution is 0.0942. The Morgan fingerprint density at radius 1 is 1.29 bits per heavy atom. The average Bonchev–Trinajstić information content (AvgIpc) is 3.06. The molecule has 2 heterocycles. The number of rotatable bonds is 4. The Bertz CT molecular complexity index is 773. The van der Waals surface area contributed by atoms with Crippen molar-refractivity contribution in [1.82, 2.24) is 9.88 Å². The van der Waals surface area contributed by atoms with Crippen LogP contribution in [0.25, 0.3) is 10.2 Å². The minimum Gasteiger partial charge on any atom is -0.347 e. The molecule has 0 saturated carbocycles. The van der Waals surface area contributed by atoms with Gasteiger partial charge in [-0.1, -0.05) is 12.1 Å². The zero-order valence-electron chi connectivity index (χ0n) is 11.6. The molecule has 0 aliphatic carbocycles. The first-order chi connectivity index (χ1) is 10.2. The van der Waals surface area contributed by atoms with Crippen molar-refractivity contribution < 1.29 is 9.18 Å². The number of aromatic nitrogens is 1. The lowest BCUT2D eigenvalue weighted by Gasteiger charge is -2.08. The van der Waals surface area contributed by atoms with Gasteiger partial charge in [0, 0.05) is 13.1 Å². The van der Waals surface area contributed by atoms with Crippen molar-refractivity contribution in [2.45, 2.75) is 20.0 Å². The summed E-state index contributed by atoms with van der Waals surface area (Å²) in [7, 11) is 0. The number of carbonyl (C=O) groups is 1. The summed E-state index contributed by atoms with van der Waals surface area (Å²) in [6, 6.07) is 10.1. The summed E-state index contributed by atoms with van der Waals surface area (Å²) in [5.74, 6) is -0.380. The van der Waals surface area contributed by atoms with Crippen LogP contribution in [0, 0.1) is 5.82 Å². The molecule has 3 aromatic rings. The van der Waals surface area contributed by atoms with E-state index in [4.69, 9.17) is 0 Å². The second-order valence-electron chi connectivity index (χ2n) is 4.75. The molecule has 1 N–H and O–H groups in total. The van der Waals surface area contributed by atoms with Crippen molar-refractivity contribution in [2.75, 3.05) is 0 Å². The highest BCUT2D eigenvalue weighted by Gasteiger charge is 2.15. The van der Waals surface area contributed by atoms with E-state index in [9.17, 15) is 9.18 Å². The van der Waals surface area contributed by atoms with E-state index in [2.05, 4.69) is 5.32 Å². The predicted octanol–water partition coefficient (Wildman–Crippen LogP) is 3.79. The molecule has 1 aromatic carbocycles. The Morgan fingerprint density at radius 2 is 2.05 bits per heavy atom. The van der Waals surface area contributed by atoms with Crippen molar-refractivity contribution in [3.05, 3.63) is 58.9 Å². The predicted molar refractivity (Wildman–Crippen MR) is 83.1 cm³/mol. The summed E-state index contributed by atoms with van der Waals surface area (Å²) in [4.78, 5) is 12.3. The number of halogens is 1. The van der Waals surface area contributed by atoms with E-state index in [0.29, 0.717) is 12.2 Å². The molecular weight excluding hydrogens is 287 g/mol. The number of nitrogens with zero attached hydrogens (tertiary/aromatic N) is 1. The average molecular weight is 302 g/mol. The van der Waals surface area contributed by atoms with Crippen LogP contribution in [0.1, 0.15) is 23.0 Å². The molecule has 0 unspecified atom stereocenters. The molecule has 0 spiro atoms. The molecule has 2 aromatic heterocycles. The first kappa shape index (κ1) is 13.8. The van der Waals surface area contributed by atoms with Crippen molar-refractivity contribution in [1.29, 1.82) is 0 Å². The van der Waals surface area contributed by atoms with E-state index in [0.717, 1.165) is 22.3 Å². The number of nitrogens with one attached hydrogen (secondary N) is 1. The second-order valence-corrected chi connectivity index (χ2v) is 5.70. The maximum Gasteiger partial charge on any atom is 0.268 e. The van der Waals surface area contributed by atoms with Gasteiger partial charge in [0.25, 0.3) is 5.91 Å². The fourth-order valence-corrected chi connectivity index (χ4v) is 3.20. The highest BCUT2D eigenvalue weighted by molar-refractivity contribution is 7.17. The molecule has 5 heteroatoms. The van der Waals surface area contributed by atoms with Crippen LogP contribution in [0.15, 0.2) is 41.8 Å². The molecule has 1 amide bonds. The monoisotopic (exact) mass is 302 g/mol. The highest BCUT2D eigenvalue weighted by atomic mass is 32.1. The first-order valence-corrected chi connectivity index (χ1v) is 7.66. The largest absolute Gasteiger partial charge is 0.347 e. The van der Waals surface area contributed by atoms with E-state index in [1.165, 1.54) is 12.1 Å². The van der Waals surface area contributed by atoms with Crippen molar-refractivity contribution >= 4 is 27.5 Å². The van der Waals surface area contributed by atoms with Crippen LogP contribution in [-0.2, 0) is 13.1 Å². The molecule has 0 radical (unpaired) electrons. The van der Waals surface area contributed by atoms with Gasteiger partial charge in [0.1, 0.15) is 11.5 Å². The van der Waals surface area contributed by atoms with E-state index in [1.807, 2.05) is 29.0 Å². The summed E-state index contributed by atoms with van der Waals surface area (Å²) in [6.45, 7) is 3.16. The Hall–Kier alpha value is -2.14. The fraction of sp³-hybridized carbons (Fsp3) is 0.188. The van der Waals surface area contributed by atoms with Gasteiger partial charge in [-0.05, 0) is 42.1 Å². The Kier molecular flexibility index (Phi) is 3.75. The molecule has 3 nitrogen and oxygen atoms in total. The van der Waals surface area contributed by atoms with E-state index < -0.39 is 0 Å². The third-order valence-electron chi connectivity index (χ3n) is 3.44. The fourth-order valence-electron chi connectivity index (χ4n) is 2.38. The van der Waals surface area contributed by atoms with Crippen LogP contribution in [0.4, 0.5) is 4.39 Å². The summed E-state index contributed by atoms with van der Waals surface area (Å²) in [5.41, 5.74) is 2.64. The van der Waals surface area contributed by atoms with Crippen LogP contribution in [0.2, 0.25) is 0 Å². The lowest BCUT2D eigenvalue weighted by Crippen LogP contribution is -2.25. The normalized spacial score (nSPS) is 11.0. The summed E-state index contributed by atoms with van der Waals surface area (Å²) in [5, 5.41) is 4.91. The van der Waals surface area contributed by atoms with Gasteiger partial charge < -0.3 is 9.88 Å². The molecule has 0 aliphatic rings. The van der Waals surface area contributed by atoms with Crippen LogP contribution < -0.4 is 5.32 Å². The SMILES string of the molecule is CCn1c(C(=O)NCc2ccc(F)cc2)cc2sccc21. The first-order valence-electron chi connectivity index (χ1n) is 6.78. The number of aryl methyl sites for hydroxylation is 1. The number of fused-ring (bicyclic) bond motifs is 1. The number of hydrogen-bond acceptors (Lipinski definition) is 2. The number of benzene rings is 1. The van der Waals surface area contributed by atoms with E-state index in [1.54, 1.807) is 23.5 Å². The highest BCUT2D eigenvalue weighted by Crippen LogP contribution is 2.25. The smallest absolute Gasteiger partial charge is 0.268 e. The van der Waals surface area contributed by atoms with Crippen molar-refractivity contribution in [3.63, 3.8) is 0 Å². The maximum absolute atomic E-state index is 12.8. The topological polar surface area (TPSA) is 34.0 Å². The standard InChI is InChI=1S/C16H15FN2OS/c1-2-19-13-7-8-21-15(13)9-14(19)16(20)18-10-11-3-5-12(17)6-4-11/h3-9H,2,10H2,1H3,(H,18,20). The third-order valence-corrected chi connectivity index (χ3v) is 4.29. The van der Waals surface area contributed by atoms with E-state index >= 15 is 0 Å². The van der Waals surface area contributed by atoms with Gasteiger partial charge in [-0.2, -0.15) is 0 Å². The van der Waals surface area contributed by atoms with E-state index in [-0.39, 0.29) is 11.7 Å². The minimum atomic E-state index is -0.273. The summed E-state index contributed by atoms with van der Waals surface area (Å²) >= 11 is 1.63. The molecule has 0 fully saturated rings. The number of carbonyl (C=O) groups excluding carboxylic acids is 1. The van der Waals surface area contributed by atoms with Crippen LogP contribution in [0.5, 0.6) is 0 Å². The molecular formula is C16H15FN2OS. The van der Waals surface area contributed by atoms with Gasteiger partial charge in [-0.3, -0.25) is 4.79 Å². The number of amides is 1. The van der Waals surface area contributed by atoms with Gasteiger partial charge in [0.05, 0.1) is 10.2 Å². The second kappa shape index (κ2) is 5.69. The van der Waals surface area contributed by atoms with Gasteiger partial charge in [-0.15, -0.1) is 11.3 Å². The lowest BCUT2D eigenvalue weighted by atomic mass is 10.2. The van der Waals surface area contributed by atoms with Crippen LogP contribution in [-0.4, -0.2) is 10.5 Å². The molecule has 3 rings (SSSR count). The molecule has 21 heavy (non-hydrogen) atoms. The van der Waals surface area contributed by atoms with Gasteiger partial charge in [0.15, 0.2) is 0 Å². The summed E-state index contributed by atoms with van der Waals surface area (Å²) in [6.07, 6.45) is 0.